The molecule has 1 N–H and O–H groups in total. The number of carbonyl (C=O) groups excluding carboxylic acids is 1. The van der Waals surface area contributed by atoms with Crippen LogP contribution in [0.25, 0.3) is 0 Å². The predicted molar refractivity (Wildman–Crippen MR) is 111 cm³/mol. The van der Waals surface area contributed by atoms with Crippen molar-refractivity contribution in [2.45, 2.75) is 24.3 Å². The molecule has 0 aromatic heterocycles. The molecule has 0 unspecified atom stereocenters. The maximum Gasteiger partial charge on any atom is 0.256 e. The van der Waals surface area contributed by atoms with Gasteiger partial charge in [-0.25, -0.2) is 12.7 Å². The molecule has 1 amide bonds. The number of nitrogens with zero attached hydrogens (tertiary/aromatic N) is 2. The van der Waals surface area contributed by atoms with Gasteiger partial charge >= 0.3 is 0 Å². The van der Waals surface area contributed by atoms with Gasteiger partial charge in [-0.2, -0.15) is 0 Å². The van der Waals surface area contributed by atoms with E-state index < -0.39 is 10.0 Å². The molecule has 0 atom stereocenters. The molecule has 2 aromatic rings. The van der Waals surface area contributed by atoms with E-state index in [2.05, 4.69) is 5.32 Å². The second-order valence-electron chi connectivity index (χ2n) is 6.98. The second kappa shape index (κ2) is 8.51. The van der Waals surface area contributed by atoms with Crippen LogP contribution in [0.1, 0.15) is 28.8 Å². The fraction of sp³-hybridized carbons (Fsp3) is 0.350. The van der Waals surface area contributed by atoms with Crippen LogP contribution in [0.5, 0.6) is 0 Å². The van der Waals surface area contributed by atoms with E-state index in [-0.39, 0.29) is 10.8 Å². The van der Waals surface area contributed by atoms with Crippen molar-refractivity contribution in [3.8, 4) is 0 Å². The highest BCUT2D eigenvalue weighted by Gasteiger charge is 2.22. The lowest BCUT2D eigenvalue weighted by molar-refractivity contribution is 0.0793. The van der Waals surface area contributed by atoms with Gasteiger partial charge in [-0.15, -0.1) is 0 Å². The summed E-state index contributed by atoms with van der Waals surface area (Å²) in [6.45, 7) is 1.91. The smallest absolute Gasteiger partial charge is 0.256 e. The van der Waals surface area contributed by atoms with Gasteiger partial charge in [0, 0.05) is 44.4 Å². The first kappa shape index (κ1) is 20.6. The summed E-state index contributed by atoms with van der Waals surface area (Å²) >= 11 is 6.12. The van der Waals surface area contributed by atoms with E-state index in [1.54, 1.807) is 36.4 Å². The van der Waals surface area contributed by atoms with E-state index in [1.165, 1.54) is 18.4 Å². The molecule has 1 heterocycles. The second-order valence-corrected chi connectivity index (χ2v) is 9.57. The molecule has 1 aliphatic heterocycles. The molecule has 1 aliphatic rings. The third-order valence-corrected chi connectivity index (χ3v) is 6.81. The minimum absolute atomic E-state index is 0.0357. The summed E-state index contributed by atoms with van der Waals surface area (Å²) in [6, 6.07) is 12.0. The average molecular weight is 422 g/mol. The van der Waals surface area contributed by atoms with Crippen LogP contribution in [0.15, 0.2) is 47.4 Å². The Kier molecular flexibility index (Phi) is 6.27. The lowest BCUT2D eigenvalue weighted by Gasteiger charge is -2.19. The van der Waals surface area contributed by atoms with Gasteiger partial charge in [-0.3, -0.25) is 4.79 Å². The number of likely N-dealkylation sites (tertiary alicyclic amines) is 1. The summed E-state index contributed by atoms with van der Waals surface area (Å²) in [4.78, 5) is 14.9. The topological polar surface area (TPSA) is 69.7 Å². The number of sulfonamides is 1. The predicted octanol–water partition coefficient (Wildman–Crippen LogP) is 3.44. The van der Waals surface area contributed by atoms with Crippen LogP contribution in [0.2, 0.25) is 5.02 Å². The van der Waals surface area contributed by atoms with Gasteiger partial charge < -0.3 is 10.2 Å². The number of hydrogen-bond acceptors (Lipinski definition) is 4. The van der Waals surface area contributed by atoms with Gasteiger partial charge in [0.2, 0.25) is 10.0 Å². The van der Waals surface area contributed by atoms with Gasteiger partial charge in [0.05, 0.1) is 10.5 Å². The Morgan fingerprint density at radius 3 is 2.54 bits per heavy atom. The molecule has 0 spiro atoms. The fourth-order valence-electron chi connectivity index (χ4n) is 3.16. The van der Waals surface area contributed by atoms with Crippen molar-refractivity contribution < 1.29 is 13.2 Å². The number of anilines is 1. The van der Waals surface area contributed by atoms with E-state index >= 15 is 0 Å². The minimum Gasteiger partial charge on any atom is -0.380 e. The normalized spacial score (nSPS) is 14.5. The lowest BCUT2D eigenvalue weighted by Crippen LogP contribution is -2.28. The maximum absolute atomic E-state index is 12.8. The molecule has 1 saturated heterocycles. The van der Waals surface area contributed by atoms with Gasteiger partial charge in [-0.1, -0.05) is 23.7 Å². The molecule has 2 aromatic carbocycles. The van der Waals surface area contributed by atoms with Crippen molar-refractivity contribution in [3.63, 3.8) is 0 Å². The number of nitrogens with one attached hydrogen (secondary N) is 1. The largest absolute Gasteiger partial charge is 0.380 e. The number of amides is 1. The Balaban J connectivity index is 1.81. The zero-order chi connectivity index (χ0) is 20.3. The molecule has 28 heavy (non-hydrogen) atoms. The van der Waals surface area contributed by atoms with Gasteiger partial charge in [-0.05, 0) is 48.7 Å². The first-order chi connectivity index (χ1) is 13.3. The standard InChI is InChI=1S/C20H24ClN3O3S/c1-23(2)28(26,27)17-7-5-6-15(12-17)14-22-19-9-8-16(21)13-18(19)20(25)24-10-3-4-11-24/h5-9,12-13,22H,3-4,10-11,14H2,1-2H3. The van der Waals surface area contributed by atoms with Crippen LogP contribution in [-0.2, 0) is 16.6 Å². The number of carbonyl (C=O) groups is 1. The zero-order valence-corrected chi connectivity index (χ0v) is 17.6. The number of rotatable bonds is 6. The van der Waals surface area contributed by atoms with Crippen LogP contribution < -0.4 is 5.32 Å². The van der Waals surface area contributed by atoms with E-state index in [1.807, 2.05) is 11.0 Å². The van der Waals surface area contributed by atoms with Gasteiger partial charge in [0.1, 0.15) is 0 Å². The summed E-state index contributed by atoms with van der Waals surface area (Å²) in [5.74, 6) is -0.0357. The zero-order valence-electron chi connectivity index (χ0n) is 16.0. The molecule has 1 fully saturated rings. The summed E-state index contributed by atoms with van der Waals surface area (Å²) < 4.78 is 25.8. The SMILES string of the molecule is CN(C)S(=O)(=O)c1cccc(CNc2ccc(Cl)cc2C(=O)N2CCCC2)c1. The summed E-state index contributed by atoms with van der Waals surface area (Å²) in [5.41, 5.74) is 2.02. The molecule has 0 aliphatic carbocycles. The van der Waals surface area contributed by atoms with Crippen molar-refractivity contribution in [1.29, 1.82) is 0 Å². The van der Waals surface area contributed by atoms with Crippen molar-refractivity contribution in [1.82, 2.24) is 9.21 Å². The summed E-state index contributed by atoms with van der Waals surface area (Å²) in [7, 11) is -0.485. The fourth-order valence-corrected chi connectivity index (χ4v) is 4.31. The van der Waals surface area contributed by atoms with Crippen molar-refractivity contribution in [3.05, 3.63) is 58.6 Å². The minimum atomic E-state index is -3.49. The van der Waals surface area contributed by atoms with Crippen molar-refractivity contribution in [2.75, 3.05) is 32.5 Å². The lowest BCUT2D eigenvalue weighted by atomic mass is 10.1. The summed E-state index contributed by atoms with van der Waals surface area (Å²) in [5, 5.41) is 3.76. The monoisotopic (exact) mass is 421 g/mol. The average Bonchev–Trinajstić information content (AvgIpc) is 3.21. The number of halogens is 1. The number of benzene rings is 2. The highest BCUT2D eigenvalue weighted by Crippen LogP contribution is 2.25. The van der Waals surface area contributed by atoms with Gasteiger partial charge in [0.15, 0.2) is 0 Å². The number of hydrogen-bond donors (Lipinski definition) is 1. The molecule has 0 saturated carbocycles. The van der Waals surface area contributed by atoms with Crippen LogP contribution in [0.4, 0.5) is 5.69 Å². The van der Waals surface area contributed by atoms with Crippen LogP contribution in [0, 0.1) is 0 Å². The molecule has 150 valence electrons. The first-order valence-corrected chi connectivity index (χ1v) is 10.9. The molecule has 0 radical (unpaired) electrons. The van der Waals surface area contributed by atoms with Crippen LogP contribution in [0.3, 0.4) is 0 Å². The molecular formula is C20H24ClN3O3S. The van der Waals surface area contributed by atoms with Crippen molar-refractivity contribution >= 4 is 33.2 Å². The highest BCUT2D eigenvalue weighted by molar-refractivity contribution is 7.89. The van der Waals surface area contributed by atoms with E-state index in [9.17, 15) is 13.2 Å². The van der Waals surface area contributed by atoms with E-state index in [0.29, 0.717) is 22.8 Å². The molecule has 3 rings (SSSR count). The Bertz CT molecular complexity index is 970. The Labute approximate surface area is 171 Å². The highest BCUT2D eigenvalue weighted by atomic mass is 35.5. The molecule has 0 bridgehead atoms. The van der Waals surface area contributed by atoms with E-state index in [4.69, 9.17) is 11.6 Å². The third kappa shape index (κ3) is 4.48. The van der Waals surface area contributed by atoms with Gasteiger partial charge in [0.25, 0.3) is 5.91 Å². The molecule has 8 heteroatoms. The third-order valence-electron chi connectivity index (χ3n) is 4.77. The maximum atomic E-state index is 12.8. The Morgan fingerprint density at radius 1 is 1.14 bits per heavy atom. The molecule has 6 nitrogen and oxygen atoms in total. The Hall–Kier alpha value is -2.09. The first-order valence-electron chi connectivity index (χ1n) is 9.13. The Morgan fingerprint density at radius 2 is 1.86 bits per heavy atom. The van der Waals surface area contributed by atoms with Crippen LogP contribution >= 0.6 is 11.6 Å². The molecular weight excluding hydrogens is 398 g/mol. The van der Waals surface area contributed by atoms with E-state index in [0.717, 1.165) is 31.5 Å². The quantitative estimate of drug-likeness (QED) is 0.775. The van der Waals surface area contributed by atoms with Crippen molar-refractivity contribution in [2.24, 2.45) is 0 Å². The van der Waals surface area contributed by atoms with Crippen LogP contribution in [-0.4, -0.2) is 50.7 Å². The summed E-state index contributed by atoms with van der Waals surface area (Å²) in [6.07, 6.45) is 2.03.